The van der Waals surface area contributed by atoms with Gasteiger partial charge in [-0.3, -0.25) is 0 Å². The van der Waals surface area contributed by atoms with Crippen molar-refractivity contribution in [2.24, 2.45) is 0 Å². The first-order valence-corrected chi connectivity index (χ1v) is 35.3. The molecule has 0 aliphatic rings. The molecule has 0 saturated carbocycles. The van der Waals surface area contributed by atoms with Crippen LogP contribution in [0.15, 0.2) is 140 Å². The number of ether oxygens (including phenoxy) is 1. The predicted molar refractivity (Wildman–Crippen MR) is 376 cm³/mol. The van der Waals surface area contributed by atoms with Crippen molar-refractivity contribution < 1.29 is 50.7 Å². The Balaban J connectivity index is 0.962. The number of benzene rings is 6. The van der Waals surface area contributed by atoms with Gasteiger partial charge in [0.05, 0.1) is 36.6 Å². The summed E-state index contributed by atoms with van der Waals surface area (Å²) in [5, 5.41) is 103. The molecule has 0 bridgehead atoms. The second-order valence-electron chi connectivity index (χ2n) is 25.0. The van der Waals surface area contributed by atoms with E-state index in [9.17, 15) is 46.0 Å². The van der Waals surface area contributed by atoms with Crippen LogP contribution >= 0.6 is 34.0 Å². The van der Waals surface area contributed by atoms with Crippen molar-refractivity contribution in [3.05, 3.63) is 248 Å². The molecule has 0 aliphatic carbocycles. The van der Waals surface area contributed by atoms with Gasteiger partial charge >= 0.3 is 0 Å². The fraction of sp³-hybridized carbons (Fsp3) is 0.392. The zero-order valence-corrected chi connectivity index (χ0v) is 57.6. The smallest absolute Gasteiger partial charge is 0.158 e. The fourth-order valence-electron chi connectivity index (χ4n) is 13.0. The summed E-state index contributed by atoms with van der Waals surface area (Å²) in [6, 6.07) is 45.5. The molecule has 488 valence electrons. The normalized spacial score (nSPS) is 13.6. The molecular formula is C79H94O10S3. The Morgan fingerprint density at radius 2 is 0.902 bits per heavy atom. The third-order valence-corrected chi connectivity index (χ3v) is 23.2. The van der Waals surface area contributed by atoms with Crippen molar-refractivity contribution >= 4 is 34.0 Å². The highest BCUT2D eigenvalue weighted by atomic mass is 32.1. The van der Waals surface area contributed by atoms with E-state index in [1.54, 1.807) is 46.9 Å². The van der Waals surface area contributed by atoms with Crippen LogP contribution in [0.2, 0.25) is 0 Å². The average molecular weight is 1300 g/mol. The summed E-state index contributed by atoms with van der Waals surface area (Å²) in [5.74, 6) is 0.343. The van der Waals surface area contributed by atoms with Crippen LogP contribution in [0.5, 0.6) is 5.75 Å². The lowest BCUT2D eigenvalue weighted by Gasteiger charge is -2.28. The number of hydrogen-bond acceptors (Lipinski definition) is 13. The van der Waals surface area contributed by atoms with Gasteiger partial charge < -0.3 is 50.7 Å². The Morgan fingerprint density at radius 3 is 1.46 bits per heavy atom. The Kier molecular flexibility index (Phi) is 23.3. The van der Waals surface area contributed by atoms with Crippen LogP contribution in [0, 0.1) is 20.8 Å². The molecule has 9 rings (SSSR count). The molecule has 3 aromatic heterocycles. The Bertz CT molecular complexity index is 3950. The van der Waals surface area contributed by atoms with Crippen LogP contribution in [0.4, 0.5) is 0 Å². The lowest BCUT2D eigenvalue weighted by Crippen LogP contribution is -2.24. The summed E-state index contributed by atoms with van der Waals surface area (Å²) in [6.07, 6.45) is 2.47. The molecule has 10 nitrogen and oxygen atoms in total. The molecule has 92 heavy (non-hydrogen) atoms. The molecule has 4 atom stereocenters. The molecule has 0 spiro atoms. The molecule has 0 fully saturated rings. The standard InChI is InChI=1S/C79H94O10S3/c1-11-53-43-59(79(88,16-6)17-7)27-34-65(53)69-35-31-61(90-69)29-20-51-18-22-54(45-80)66(41-51)72(83)70-36-37-71(92-70)75(63-32-25-57(38-48(63)8)77(86,12-2)13-3)89-60-28-24-56(47-82)68(44-60)74(85)73(84)67-42-52(19-23-55(67)46-81)21-30-62-40-50(10)76(91-62)64-33-26-58(39-49(64)9)78(87,14-4)15-5/h18-19,22-28,31-44,72-75,80-88H,11-17,20-21,29-30,45-47H2,1-10H3. The van der Waals surface area contributed by atoms with Crippen LogP contribution in [0.1, 0.15) is 220 Å². The van der Waals surface area contributed by atoms with Gasteiger partial charge in [-0.1, -0.05) is 146 Å². The van der Waals surface area contributed by atoms with E-state index in [1.165, 1.54) is 47.5 Å². The van der Waals surface area contributed by atoms with Gasteiger partial charge in [0, 0.05) is 34.8 Å². The zero-order valence-electron chi connectivity index (χ0n) is 55.1. The van der Waals surface area contributed by atoms with Gasteiger partial charge in [0.1, 0.15) is 24.1 Å². The zero-order chi connectivity index (χ0) is 66.2. The monoisotopic (exact) mass is 1300 g/mol. The lowest BCUT2D eigenvalue weighted by molar-refractivity contribution is 0.0147. The first kappa shape index (κ1) is 70.2. The van der Waals surface area contributed by atoms with Crippen molar-refractivity contribution in [3.63, 3.8) is 0 Å². The third-order valence-electron chi connectivity index (χ3n) is 19.6. The molecule has 0 amide bonds. The van der Waals surface area contributed by atoms with Gasteiger partial charge in [-0.25, -0.2) is 0 Å². The Labute approximate surface area is 556 Å². The van der Waals surface area contributed by atoms with Gasteiger partial charge in [-0.05, 0) is 228 Å². The van der Waals surface area contributed by atoms with Gasteiger partial charge in [0.25, 0.3) is 0 Å². The summed E-state index contributed by atoms with van der Waals surface area (Å²) >= 11 is 4.90. The van der Waals surface area contributed by atoms with Gasteiger partial charge in [-0.2, -0.15) is 0 Å². The summed E-state index contributed by atoms with van der Waals surface area (Å²) < 4.78 is 7.03. The molecule has 6 aromatic carbocycles. The molecule has 4 unspecified atom stereocenters. The van der Waals surface area contributed by atoms with Crippen LogP contribution < -0.4 is 4.74 Å². The number of hydrogen-bond donors (Lipinski definition) is 9. The first-order valence-electron chi connectivity index (χ1n) is 32.9. The van der Waals surface area contributed by atoms with Gasteiger partial charge in [0.15, 0.2) is 6.10 Å². The van der Waals surface area contributed by atoms with Gasteiger partial charge in [0.2, 0.25) is 0 Å². The van der Waals surface area contributed by atoms with Crippen molar-refractivity contribution in [2.45, 2.75) is 201 Å². The number of thiophene rings is 3. The van der Waals surface area contributed by atoms with E-state index in [-0.39, 0.29) is 18.8 Å². The maximum absolute atomic E-state index is 12.3. The minimum atomic E-state index is -1.54. The molecular weight excluding hydrogens is 1210 g/mol. The number of aryl methyl sites for hydroxylation is 8. The quantitative estimate of drug-likeness (QED) is 0.0209. The Hall–Kier alpha value is -6.14. The van der Waals surface area contributed by atoms with Crippen LogP contribution in [0.25, 0.3) is 20.9 Å². The van der Waals surface area contributed by atoms with Crippen molar-refractivity contribution in [2.75, 3.05) is 0 Å². The van der Waals surface area contributed by atoms with E-state index in [0.717, 1.165) is 80.6 Å². The summed E-state index contributed by atoms with van der Waals surface area (Å²) in [7, 11) is 0. The average Bonchev–Trinajstić information content (AvgIpc) is 1.33. The molecule has 9 N–H and O–H groups in total. The van der Waals surface area contributed by atoms with Crippen molar-refractivity contribution in [1.29, 1.82) is 0 Å². The molecule has 13 heteroatoms. The fourth-order valence-corrected chi connectivity index (χ4v) is 16.4. The Morgan fingerprint density at radius 1 is 0.402 bits per heavy atom. The van der Waals surface area contributed by atoms with E-state index in [1.807, 2.05) is 115 Å². The van der Waals surface area contributed by atoms with Crippen molar-refractivity contribution in [1.82, 2.24) is 0 Å². The number of aliphatic hydroxyl groups excluding tert-OH is 6. The minimum Gasteiger partial charge on any atom is -0.480 e. The number of aliphatic hydroxyl groups is 9. The topological polar surface area (TPSA) is 191 Å². The second-order valence-corrected chi connectivity index (χ2v) is 28.4. The number of rotatable bonds is 30. The highest BCUT2D eigenvalue weighted by Gasteiger charge is 2.32. The van der Waals surface area contributed by atoms with Crippen molar-refractivity contribution in [3.8, 4) is 26.6 Å². The largest absolute Gasteiger partial charge is 0.480 e. The van der Waals surface area contributed by atoms with Crippen LogP contribution in [-0.4, -0.2) is 46.0 Å². The maximum atomic E-state index is 12.3. The van der Waals surface area contributed by atoms with E-state index < -0.39 is 47.8 Å². The van der Waals surface area contributed by atoms with E-state index >= 15 is 0 Å². The van der Waals surface area contributed by atoms with Gasteiger partial charge in [-0.15, -0.1) is 34.0 Å². The first-order chi connectivity index (χ1) is 44.1. The molecule has 3 heterocycles. The summed E-state index contributed by atoms with van der Waals surface area (Å²) in [4.78, 5) is 6.19. The predicted octanol–water partition coefficient (Wildman–Crippen LogP) is 16.8. The molecule has 0 radical (unpaired) electrons. The SMILES string of the molecule is CCc1cc(C(O)(CC)CC)ccc1-c1ccc(CCc2ccc(CO)c(C(O)c3ccc(C(Oc4ccc(CO)c(C(O)C(O)c5cc(CCc6cc(C)c(-c7ccc(C(O)(CC)CC)cc7C)s6)ccc5CO)c4)c4ccc(C(O)(CC)CC)cc4C)s3)c2)s1. The van der Waals surface area contributed by atoms with E-state index in [2.05, 4.69) is 69.3 Å². The lowest BCUT2D eigenvalue weighted by atomic mass is 9.86. The molecule has 0 saturated heterocycles. The van der Waals surface area contributed by atoms with Crippen LogP contribution in [0.3, 0.4) is 0 Å². The third kappa shape index (κ3) is 15.0. The molecule has 0 aliphatic heterocycles. The minimum absolute atomic E-state index is 0.250. The van der Waals surface area contributed by atoms with E-state index in [4.69, 9.17) is 4.74 Å². The van der Waals surface area contributed by atoms with E-state index in [0.29, 0.717) is 83.4 Å². The van der Waals surface area contributed by atoms with Crippen LogP contribution in [-0.2, 0) is 68.7 Å². The highest BCUT2D eigenvalue weighted by Crippen LogP contribution is 2.44. The maximum Gasteiger partial charge on any atom is 0.158 e. The summed E-state index contributed by atoms with van der Waals surface area (Å²) in [5.41, 5.74) is 12.1. The molecule has 9 aromatic rings. The summed E-state index contributed by atoms with van der Waals surface area (Å²) in [6.45, 7) is 19.3. The second kappa shape index (κ2) is 30.5. The highest BCUT2D eigenvalue weighted by molar-refractivity contribution is 7.16.